The summed E-state index contributed by atoms with van der Waals surface area (Å²) in [5.74, 6) is 1.81. The van der Waals surface area contributed by atoms with Crippen molar-refractivity contribution in [3.8, 4) is 11.5 Å². The van der Waals surface area contributed by atoms with E-state index >= 15 is 0 Å². The zero-order chi connectivity index (χ0) is 19.3. The number of benzene rings is 3. The van der Waals surface area contributed by atoms with Crippen molar-refractivity contribution in [3.63, 3.8) is 0 Å². The molecule has 0 N–H and O–H groups in total. The van der Waals surface area contributed by atoms with Crippen molar-refractivity contribution >= 4 is 34.6 Å². The number of ether oxygens (including phenoxy) is 2. The van der Waals surface area contributed by atoms with E-state index in [0.29, 0.717) is 0 Å². The molecule has 142 valence electrons. The molecule has 0 fully saturated rings. The summed E-state index contributed by atoms with van der Waals surface area (Å²) in [7, 11) is 3.05. The molecular formula is C24H23O2PS. The lowest BCUT2D eigenvalue weighted by Crippen LogP contribution is -2.03. The maximum Gasteiger partial charge on any atom is 0.118 e. The highest BCUT2D eigenvalue weighted by Crippen LogP contribution is 2.45. The summed E-state index contributed by atoms with van der Waals surface area (Å²) in [6.07, 6.45) is 2.12. The van der Waals surface area contributed by atoms with Crippen LogP contribution in [-0.4, -0.2) is 14.2 Å². The number of rotatable bonds is 7. The summed E-state index contributed by atoms with van der Waals surface area (Å²) in [5.41, 5.74) is 2.71. The number of hydrogen-bond donors (Lipinski definition) is 0. The van der Waals surface area contributed by atoms with Crippen molar-refractivity contribution in [2.24, 2.45) is 0 Å². The van der Waals surface area contributed by atoms with Gasteiger partial charge in [0.1, 0.15) is 11.5 Å². The summed E-state index contributed by atoms with van der Waals surface area (Å²) in [6.45, 7) is 0. The average Bonchev–Trinajstić information content (AvgIpc) is 3.18. The summed E-state index contributed by atoms with van der Waals surface area (Å²) < 4.78 is 12.0. The van der Waals surface area contributed by atoms with Crippen LogP contribution in [0.15, 0.2) is 78.2 Å². The van der Waals surface area contributed by atoms with Gasteiger partial charge in [0.2, 0.25) is 0 Å². The molecule has 0 unspecified atom stereocenters. The maximum absolute atomic E-state index is 5.32. The van der Waals surface area contributed by atoms with Crippen LogP contribution in [0.25, 0.3) is 10.1 Å². The smallest absolute Gasteiger partial charge is 0.118 e. The molecule has 4 heteroatoms. The lowest BCUT2D eigenvalue weighted by molar-refractivity contribution is 0.414. The summed E-state index contributed by atoms with van der Waals surface area (Å²) in [5, 5.41) is 5.27. The molecule has 0 saturated heterocycles. The number of fused-ring (bicyclic) bond motifs is 1. The fourth-order valence-corrected chi connectivity index (χ4v) is 7.29. The number of hydrogen-bond acceptors (Lipinski definition) is 3. The number of thiophene rings is 1. The van der Waals surface area contributed by atoms with Gasteiger partial charge in [-0.05, 0) is 64.5 Å². The Morgan fingerprint density at radius 1 is 0.714 bits per heavy atom. The van der Waals surface area contributed by atoms with E-state index in [1.165, 1.54) is 26.5 Å². The van der Waals surface area contributed by atoms with E-state index in [9.17, 15) is 0 Å². The van der Waals surface area contributed by atoms with Crippen LogP contribution in [0, 0.1) is 0 Å². The zero-order valence-corrected chi connectivity index (χ0v) is 17.8. The van der Waals surface area contributed by atoms with Gasteiger partial charge in [-0.3, -0.25) is 0 Å². The molecule has 0 aliphatic heterocycles. The number of methoxy groups -OCH3 is 2. The Labute approximate surface area is 171 Å². The van der Waals surface area contributed by atoms with Gasteiger partial charge in [0.05, 0.1) is 14.2 Å². The topological polar surface area (TPSA) is 18.5 Å². The molecule has 0 spiro atoms. The second-order valence-electron chi connectivity index (χ2n) is 6.67. The molecule has 0 saturated carbocycles. The van der Waals surface area contributed by atoms with Crippen LogP contribution >= 0.6 is 19.3 Å². The standard InChI is InChI=1S/C24H23O2PS/c1-25-20-11-7-18(8-12-20)15-27(16-19-9-13-21(26-2)14-10-19)23-17-28-24-6-4-3-5-22(23)24/h3-14,17H,15-16H2,1-2H3. The van der Waals surface area contributed by atoms with Crippen LogP contribution in [0.2, 0.25) is 0 Å². The first-order valence-corrected chi connectivity index (χ1v) is 11.8. The molecule has 1 aromatic heterocycles. The molecule has 0 radical (unpaired) electrons. The van der Waals surface area contributed by atoms with Gasteiger partial charge >= 0.3 is 0 Å². The van der Waals surface area contributed by atoms with Gasteiger partial charge in [0.15, 0.2) is 0 Å². The predicted octanol–water partition coefficient (Wildman–Crippen LogP) is 6.43. The van der Waals surface area contributed by atoms with E-state index in [0.717, 1.165) is 23.8 Å². The first-order valence-electron chi connectivity index (χ1n) is 9.24. The molecule has 3 aromatic carbocycles. The minimum absolute atomic E-state index is 0.370. The van der Waals surface area contributed by atoms with Gasteiger partial charge in [-0.1, -0.05) is 50.4 Å². The van der Waals surface area contributed by atoms with Crippen molar-refractivity contribution in [1.29, 1.82) is 0 Å². The van der Waals surface area contributed by atoms with Crippen LogP contribution in [0.4, 0.5) is 0 Å². The van der Waals surface area contributed by atoms with Gasteiger partial charge in [-0.25, -0.2) is 0 Å². The van der Waals surface area contributed by atoms with Gasteiger partial charge < -0.3 is 9.47 Å². The maximum atomic E-state index is 5.32. The SMILES string of the molecule is COc1ccc(CP(Cc2ccc(OC)cc2)c2csc3ccccc23)cc1. The second kappa shape index (κ2) is 8.77. The molecule has 0 aliphatic rings. The summed E-state index contributed by atoms with van der Waals surface area (Å²) in [6, 6.07) is 25.7. The molecule has 2 nitrogen and oxygen atoms in total. The van der Waals surface area contributed by atoms with Crippen molar-refractivity contribution in [2.45, 2.75) is 12.3 Å². The molecule has 4 rings (SSSR count). The van der Waals surface area contributed by atoms with Gasteiger partial charge in [-0.15, -0.1) is 11.3 Å². The first kappa shape index (κ1) is 19.0. The van der Waals surface area contributed by atoms with Crippen molar-refractivity contribution in [2.75, 3.05) is 14.2 Å². The van der Waals surface area contributed by atoms with Crippen molar-refractivity contribution < 1.29 is 9.47 Å². The zero-order valence-electron chi connectivity index (χ0n) is 16.1. The molecule has 1 heterocycles. The fourth-order valence-electron chi connectivity index (χ4n) is 3.34. The molecule has 28 heavy (non-hydrogen) atoms. The lowest BCUT2D eigenvalue weighted by atomic mass is 10.2. The van der Waals surface area contributed by atoms with Crippen LogP contribution in [-0.2, 0) is 12.3 Å². The van der Waals surface area contributed by atoms with Gasteiger partial charge in [0.25, 0.3) is 0 Å². The Morgan fingerprint density at radius 2 is 1.25 bits per heavy atom. The van der Waals surface area contributed by atoms with E-state index in [2.05, 4.69) is 78.2 Å². The van der Waals surface area contributed by atoms with E-state index in [1.807, 2.05) is 11.3 Å². The third-order valence-electron chi connectivity index (χ3n) is 4.87. The van der Waals surface area contributed by atoms with E-state index in [1.54, 1.807) is 14.2 Å². The Bertz CT molecular complexity index is 989. The fraction of sp³-hybridized carbons (Fsp3) is 0.167. The molecule has 0 bridgehead atoms. The average molecular weight is 406 g/mol. The quantitative estimate of drug-likeness (QED) is 0.330. The minimum atomic E-state index is -0.370. The molecule has 0 atom stereocenters. The molecular weight excluding hydrogens is 383 g/mol. The Hall–Kier alpha value is -2.35. The van der Waals surface area contributed by atoms with Crippen LogP contribution in [0.3, 0.4) is 0 Å². The Balaban J connectivity index is 1.66. The second-order valence-corrected chi connectivity index (χ2v) is 9.77. The monoisotopic (exact) mass is 406 g/mol. The predicted molar refractivity (Wildman–Crippen MR) is 122 cm³/mol. The third kappa shape index (κ3) is 4.22. The van der Waals surface area contributed by atoms with Crippen LogP contribution in [0.5, 0.6) is 11.5 Å². The highest BCUT2D eigenvalue weighted by atomic mass is 32.1. The van der Waals surface area contributed by atoms with Gasteiger partial charge in [0, 0.05) is 10.1 Å². The lowest BCUT2D eigenvalue weighted by Gasteiger charge is -2.18. The highest BCUT2D eigenvalue weighted by molar-refractivity contribution is 7.65. The van der Waals surface area contributed by atoms with Crippen molar-refractivity contribution in [1.82, 2.24) is 0 Å². The van der Waals surface area contributed by atoms with Crippen LogP contribution in [0.1, 0.15) is 11.1 Å². The van der Waals surface area contributed by atoms with Gasteiger partial charge in [-0.2, -0.15) is 0 Å². The minimum Gasteiger partial charge on any atom is -0.497 e. The molecule has 0 aliphatic carbocycles. The summed E-state index contributed by atoms with van der Waals surface area (Å²) >= 11 is 1.85. The van der Waals surface area contributed by atoms with Crippen LogP contribution < -0.4 is 14.8 Å². The Kier molecular flexibility index (Phi) is 5.95. The van der Waals surface area contributed by atoms with E-state index in [4.69, 9.17) is 9.47 Å². The van der Waals surface area contributed by atoms with Crippen molar-refractivity contribution in [3.05, 3.63) is 89.3 Å². The van der Waals surface area contributed by atoms with E-state index in [-0.39, 0.29) is 7.92 Å². The summed E-state index contributed by atoms with van der Waals surface area (Å²) in [4.78, 5) is 0. The Morgan fingerprint density at radius 3 is 1.79 bits per heavy atom. The first-order chi connectivity index (χ1) is 13.8. The normalized spacial score (nSPS) is 11.1. The molecule has 0 amide bonds. The largest absolute Gasteiger partial charge is 0.497 e. The molecule has 4 aromatic rings. The van der Waals surface area contributed by atoms with E-state index < -0.39 is 0 Å². The third-order valence-corrected chi connectivity index (χ3v) is 8.55. The highest BCUT2D eigenvalue weighted by Gasteiger charge is 2.17.